The second kappa shape index (κ2) is 8.58. The number of aryl methyl sites for hydroxylation is 2. The van der Waals surface area contributed by atoms with Crippen LogP contribution in [0.4, 0.5) is 11.5 Å². The van der Waals surface area contributed by atoms with Crippen LogP contribution in [0, 0.1) is 13.8 Å². The van der Waals surface area contributed by atoms with E-state index >= 15 is 0 Å². The summed E-state index contributed by atoms with van der Waals surface area (Å²) in [5, 5.41) is 5.68. The summed E-state index contributed by atoms with van der Waals surface area (Å²) in [6, 6.07) is 14.5. The van der Waals surface area contributed by atoms with Crippen LogP contribution in [-0.4, -0.2) is 45.8 Å². The predicted octanol–water partition coefficient (Wildman–Crippen LogP) is 4.80. The Hall–Kier alpha value is -3.12. The zero-order chi connectivity index (χ0) is 23.2. The summed E-state index contributed by atoms with van der Waals surface area (Å²) in [5.74, 6) is 2.72. The van der Waals surface area contributed by atoms with Crippen LogP contribution in [-0.2, 0) is 19.3 Å². The van der Waals surface area contributed by atoms with Crippen LogP contribution in [0.1, 0.15) is 40.2 Å². The van der Waals surface area contributed by atoms with E-state index in [1.165, 1.54) is 33.9 Å². The molecule has 4 aromatic rings. The maximum Gasteiger partial charge on any atom is 0.254 e. The van der Waals surface area contributed by atoms with Crippen molar-refractivity contribution in [2.45, 2.75) is 39.5 Å². The highest BCUT2D eigenvalue weighted by Gasteiger charge is 2.28. The molecular weight excluding hydrogens is 444 g/mol. The van der Waals surface area contributed by atoms with Crippen LogP contribution < -0.4 is 9.80 Å². The van der Waals surface area contributed by atoms with Crippen LogP contribution in [0.25, 0.3) is 5.78 Å². The van der Waals surface area contributed by atoms with E-state index < -0.39 is 0 Å². The predicted molar refractivity (Wildman–Crippen MR) is 137 cm³/mol. The van der Waals surface area contributed by atoms with Crippen LogP contribution in [0.3, 0.4) is 0 Å². The molecule has 0 bridgehead atoms. The zero-order valence-electron chi connectivity index (χ0n) is 19.8. The quantitative estimate of drug-likeness (QED) is 0.427. The largest absolute Gasteiger partial charge is 0.368 e. The first-order chi connectivity index (χ1) is 16.6. The van der Waals surface area contributed by atoms with E-state index in [2.05, 4.69) is 41.8 Å². The molecule has 1 fully saturated rings. The van der Waals surface area contributed by atoms with Gasteiger partial charge in [0, 0.05) is 48.9 Å². The minimum Gasteiger partial charge on any atom is -0.368 e. The van der Waals surface area contributed by atoms with E-state index in [4.69, 9.17) is 26.7 Å². The summed E-state index contributed by atoms with van der Waals surface area (Å²) < 4.78 is 2.00. The molecule has 174 valence electrons. The van der Waals surface area contributed by atoms with Gasteiger partial charge in [-0.1, -0.05) is 35.9 Å². The highest BCUT2D eigenvalue weighted by molar-refractivity contribution is 6.30. The molecule has 3 heterocycles. The lowest BCUT2D eigenvalue weighted by Gasteiger charge is -2.38. The topological polar surface area (TPSA) is 49.6 Å². The molecule has 2 aromatic carbocycles. The van der Waals surface area contributed by atoms with Crippen LogP contribution >= 0.6 is 11.6 Å². The molecule has 6 rings (SSSR count). The van der Waals surface area contributed by atoms with E-state index in [1.807, 2.05) is 28.8 Å². The highest BCUT2D eigenvalue weighted by atomic mass is 35.5. The standard InChI is InChI=1S/C27H29ClN6/c1-18-5-3-8-24(19(18)2)32-13-15-33(16-14-32)26-22-6-4-7-23(22)29-27-30-25(31-34(26)27)17-20-9-11-21(28)12-10-20/h3,5,8-12H,4,6-7,13-17H2,1-2H3. The normalized spacial score (nSPS) is 15.9. The van der Waals surface area contributed by atoms with Crippen molar-refractivity contribution in [2.75, 3.05) is 36.0 Å². The van der Waals surface area contributed by atoms with Crippen molar-refractivity contribution in [3.8, 4) is 0 Å². The van der Waals surface area contributed by atoms with Gasteiger partial charge in [-0.05, 0) is 68.0 Å². The number of aromatic nitrogens is 4. The number of nitrogens with zero attached hydrogens (tertiary/aromatic N) is 6. The lowest BCUT2D eigenvalue weighted by Crippen LogP contribution is -2.47. The van der Waals surface area contributed by atoms with Crippen molar-refractivity contribution >= 4 is 28.9 Å². The molecule has 7 heteroatoms. The fourth-order valence-corrected chi connectivity index (χ4v) is 5.45. The molecule has 34 heavy (non-hydrogen) atoms. The van der Waals surface area contributed by atoms with Crippen LogP contribution in [0.2, 0.25) is 5.02 Å². The number of hydrogen-bond donors (Lipinski definition) is 0. The average molecular weight is 473 g/mol. The Morgan fingerprint density at radius 1 is 0.882 bits per heavy atom. The third kappa shape index (κ3) is 3.80. The molecule has 0 unspecified atom stereocenters. The van der Waals surface area contributed by atoms with Gasteiger partial charge in [-0.25, -0.2) is 4.98 Å². The number of hydrogen-bond acceptors (Lipinski definition) is 5. The second-order valence-electron chi connectivity index (χ2n) is 9.45. The first-order valence-corrected chi connectivity index (χ1v) is 12.5. The molecule has 0 atom stereocenters. The van der Waals surface area contributed by atoms with Crippen molar-refractivity contribution in [3.05, 3.63) is 81.3 Å². The Labute approximate surface area is 205 Å². The fourth-order valence-electron chi connectivity index (χ4n) is 5.32. The van der Waals surface area contributed by atoms with Gasteiger partial charge in [-0.3, -0.25) is 0 Å². The van der Waals surface area contributed by atoms with Gasteiger partial charge in [-0.2, -0.15) is 9.50 Å². The van der Waals surface area contributed by atoms with E-state index in [-0.39, 0.29) is 0 Å². The summed E-state index contributed by atoms with van der Waals surface area (Å²) in [6.45, 7) is 8.34. The number of anilines is 2. The highest BCUT2D eigenvalue weighted by Crippen LogP contribution is 2.32. The molecule has 6 nitrogen and oxygen atoms in total. The molecule has 2 aromatic heterocycles. The smallest absolute Gasteiger partial charge is 0.254 e. The van der Waals surface area contributed by atoms with Crippen molar-refractivity contribution < 1.29 is 0 Å². The summed E-state index contributed by atoms with van der Waals surface area (Å²) in [7, 11) is 0. The SMILES string of the molecule is Cc1cccc(N2CCN(c3c4c(nc5nc(Cc6ccc(Cl)cc6)nn35)CCC4)CC2)c1C. The van der Waals surface area contributed by atoms with Gasteiger partial charge in [0.25, 0.3) is 5.78 Å². The van der Waals surface area contributed by atoms with Crippen molar-refractivity contribution in [2.24, 2.45) is 0 Å². The Kier molecular flexibility index (Phi) is 5.41. The molecule has 0 saturated carbocycles. The first-order valence-electron chi connectivity index (χ1n) is 12.1. The molecule has 0 radical (unpaired) electrons. The molecule has 0 amide bonds. The van der Waals surface area contributed by atoms with Crippen molar-refractivity contribution in [3.63, 3.8) is 0 Å². The maximum absolute atomic E-state index is 6.05. The number of fused-ring (bicyclic) bond motifs is 2. The summed E-state index contributed by atoms with van der Waals surface area (Å²) >= 11 is 6.05. The number of rotatable bonds is 4. The zero-order valence-corrected chi connectivity index (χ0v) is 20.5. The number of piperazine rings is 1. The van der Waals surface area contributed by atoms with Gasteiger partial charge in [0.15, 0.2) is 5.82 Å². The lowest BCUT2D eigenvalue weighted by atomic mass is 10.1. The van der Waals surface area contributed by atoms with Crippen LogP contribution in [0.5, 0.6) is 0 Å². The van der Waals surface area contributed by atoms with E-state index in [1.54, 1.807) is 0 Å². The lowest BCUT2D eigenvalue weighted by molar-refractivity contribution is 0.634. The van der Waals surface area contributed by atoms with E-state index in [0.29, 0.717) is 6.42 Å². The molecular formula is C27H29ClN6. The van der Waals surface area contributed by atoms with Gasteiger partial charge in [0.1, 0.15) is 5.82 Å². The minimum absolute atomic E-state index is 0.672. The van der Waals surface area contributed by atoms with E-state index in [9.17, 15) is 0 Å². The van der Waals surface area contributed by atoms with Crippen molar-refractivity contribution in [1.82, 2.24) is 19.6 Å². The Bertz CT molecular complexity index is 1350. The molecule has 1 aliphatic carbocycles. The van der Waals surface area contributed by atoms with Gasteiger partial charge in [0.2, 0.25) is 0 Å². The van der Waals surface area contributed by atoms with Crippen molar-refractivity contribution in [1.29, 1.82) is 0 Å². The molecule has 1 saturated heterocycles. The molecule has 0 spiro atoms. The van der Waals surface area contributed by atoms with Gasteiger partial charge < -0.3 is 9.80 Å². The summed E-state index contributed by atoms with van der Waals surface area (Å²) in [6.07, 6.45) is 3.92. The average Bonchev–Trinajstić information content (AvgIpc) is 3.47. The maximum atomic E-state index is 6.05. The Morgan fingerprint density at radius 2 is 1.65 bits per heavy atom. The first kappa shape index (κ1) is 21.4. The second-order valence-corrected chi connectivity index (χ2v) is 9.89. The van der Waals surface area contributed by atoms with Gasteiger partial charge in [-0.15, -0.1) is 5.10 Å². The van der Waals surface area contributed by atoms with Gasteiger partial charge in [0.05, 0.1) is 5.69 Å². The Balaban J connectivity index is 1.31. The number of halogens is 1. The third-order valence-corrected chi connectivity index (χ3v) is 7.55. The summed E-state index contributed by atoms with van der Waals surface area (Å²) in [4.78, 5) is 14.7. The summed E-state index contributed by atoms with van der Waals surface area (Å²) in [5.41, 5.74) is 7.79. The minimum atomic E-state index is 0.672. The Morgan fingerprint density at radius 3 is 2.44 bits per heavy atom. The van der Waals surface area contributed by atoms with Gasteiger partial charge >= 0.3 is 0 Å². The van der Waals surface area contributed by atoms with E-state index in [0.717, 1.165) is 67.6 Å². The van der Waals surface area contributed by atoms with Crippen LogP contribution in [0.15, 0.2) is 42.5 Å². The monoisotopic (exact) mass is 472 g/mol. The molecule has 0 N–H and O–H groups in total. The number of benzene rings is 2. The fraction of sp³-hybridized carbons (Fsp3) is 0.370. The molecule has 1 aliphatic heterocycles. The third-order valence-electron chi connectivity index (χ3n) is 7.30. The molecule has 2 aliphatic rings.